The van der Waals surface area contributed by atoms with Crippen molar-refractivity contribution in [2.75, 3.05) is 19.3 Å². The van der Waals surface area contributed by atoms with Gasteiger partial charge in [-0.25, -0.2) is 18.6 Å². The Kier molecular flexibility index (Phi) is 10.2. The summed E-state index contributed by atoms with van der Waals surface area (Å²) in [4.78, 5) is 28.5. The summed E-state index contributed by atoms with van der Waals surface area (Å²) in [5.74, 6) is -1.19. The molecule has 0 saturated carbocycles. The molecular formula is C23H34ClN2O8PS. The number of aromatic nitrogens is 1. The fourth-order valence-corrected chi connectivity index (χ4v) is 4.87. The number of ether oxygens (including phenoxy) is 2. The molecule has 0 amide bonds. The predicted octanol–water partition coefficient (Wildman–Crippen LogP) is 6.49. The molecule has 0 radical (unpaired) electrons. The largest absolute Gasteiger partial charge is 0.536 e. The molecule has 0 saturated heterocycles. The molecule has 2 N–H and O–H groups in total. The molecule has 0 bridgehead atoms. The zero-order chi connectivity index (χ0) is 27.3. The first-order valence-corrected chi connectivity index (χ1v) is 14.0. The van der Waals surface area contributed by atoms with Crippen molar-refractivity contribution in [2.45, 2.75) is 67.7 Å². The van der Waals surface area contributed by atoms with Crippen molar-refractivity contribution >= 4 is 58.0 Å². The van der Waals surface area contributed by atoms with E-state index in [1.807, 2.05) is 0 Å². The number of hydrogen-bond acceptors (Lipinski definition) is 11. The number of benzene rings is 1. The van der Waals surface area contributed by atoms with Gasteiger partial charge in [0.25, 0.3) is 0 Å². The van der Waals surface area contributed by atoms with Gasteiger partial charge in [-0.2, -0.15) is 0 Å². The predicted molar refractivity (Wildman–Crippen MR) is 139 cm³/mol. The smallest absolute Gasteiger partial charge is 0.437 e. The number of carbonyl (C=O) groups excluding carboxylic acids is 2. The van der Waals surface area contributed by atoms with E-state index in [9.17, 15) is 14.2 Å². The summed E-state index contributed by atoms with van der Waals surface area (Å²) in [6.07, 6.45) is 2.56. The van der Waals surface area contributed by atoms with E-state index in [1.54, 1.807) is 41.5 Å². The summed E-state index contributed by atoms with van der Waals surface area (Å²) < 4.78 is 40.4. The van der Waals surface area contributed by atoms with Gasteiger partial charge >= 0.3 is 19.8 Å². The quantitative estimate of drug-likeness (QED) is 0.183. The summed E-state index contributed by atoms with van der Waals surface area (Å²) in [5, 5.41) is 0.643. The van der Waals surface area contributed by atoms with Gasteiger partial charge in [-0.1, -0.05) is 36.3 Å². The number of esters is 2. The van der Waals surface area contributed by atoms with Crippen LogP contribution in [-0.4, -0.2) is 30.5 Å². The Labute approximate surface area is 220 Å². The number of thiazole rings is 1. The Bertz CT molecular complexity index is 1100. The number of hydrogen-bond donors (Lipinski definition) is 1. The molecule has 0 aliphatic carbocycles. The van der Waals surface area contributed by atoms with E-state index < -0.39 is 44.2 Å². The lowest BCUT2D eigenvalue weighted by Crippen LogP contribution is -2.25. The minimum atomic E-state index is -4.50. The zero-order valence-electron chi connectivity index (χ0n) is 21.6. The van der Waals surface area contributed by atoms with Crippen LogP contribution in [0, 0.1) is 10.8 Å². The Morgan fingerprint density at radius 1 is 1.06 bits per heavy atom. The summed E-state index contributed by atoms with van der Waals surface area (Å²) in [5.41, 5.74) is 5.49. The normalized spacial score (nSPS) is 12.6. The lowest BCUT2D eigenvalue weighted by Gasteiger charge is -2.22. The molecule has 13 heteroatoms. The molecule has 202 valence electrons. The third-order valence-corrected chi connectivity index (χ3v) is 7.26. The molecule has 0 aliphatic heterocycles. The maximum Gasteiger partial charge on any atom is 0.536 e. The van der Waals surface area contributed by atoms with E-state index in [0.717, 1.165) is 18.4 Å². The first kappa shape index (κ1) is 30.3. The third kappa shape index (κ3) is 8.31. The van der Waals surface area contributed by atoms with Crippen molar-refractivity contribution in [3.05, 3.63) is 16.7 Å². The minimum absolute atomic E-state index is 0.00386. The first-order valence-electron chi connectivity index (χ1n) is 11.4. The molecule has 2 aromatic rings. The number of anilines is 1. The number of phosphoric acid groups is 1. The minimum Gasteiger partial charge on any atom is -0.437 e. The van der Waals surface area contributed by atoms with Gasteiger partial charge in [-0.15, -0.1) is 0 Å². The highest BCUT2D eigenvalue weighted by molar-refractivity contribution is 7.49. The molecule has 1 aromatic carbocycles. The van der Waals surface area contributed by atoms with Gasteiger partial charge in [0.15, 0.2) is 10.9 Å². The fourth-order valence-electron chi connectivity index (χ4n) is 2.68. The van der Waals surface area contributed by atoms with Gasteiger partial charge in [-0.3, -0.25) is 9.59 Å². The Morgan fingerprint density at radius 3 is 2.06 bits per heavy atom. The topological polar surface area (TPSA) is 136 Å². The van der Waals surface area contributed by atoms with E-state index >= 15 is 0 Å². The standard InChI is InChI=1S/C23H34ClN2O8PS/c1-8-9-10-14-15(24)11-16(17-18(14)36-21(25)26-17)34-35(29,32-12-30-19(27)22(2,3)4)33-13-31-20(28)23(5,6)7/h11H,8-10,12-13H2,1-7H3,(H2,25,26). The van der Waals surface area contributed by atoms with Gasteiger partial charge in [0, 0.05) is 11.1 Å². The van der Waals surface area contributed by atoms with E-state index in [0.29, 0.717) is 21.7 Å². The molecule has 0 unspecified atom stereocenters. The van der Waals surface area contributed by atoms with Crippen LogP contribution in [0.15, 0.2) is 6.07 Å². The van der Waals surface area contributed by atoms with Gasteiger partial charge in [-0.05, 0) is 59.9 Å². The Balaban J connectivity index is 2.33. The second-order valence-electron chi connectivity index (χ2n) is 10.1. The summed E-state index contributed by atoms with van der Waals surface area (Å²) in [6.45, 7) is 10.5. The van der Waals surface area contributed by atoms with E-state index in [4.69, 9.17) is 40.4 Å². The summed E-state index contributed by atoms with van der Waals surface area (Å²) in [6, 6.07) is 1.45. The van der Waals surface area contributed by atoms with Crippen LogP contribution in [0.3, 0.4) is 0 Å². The number of aryl methyl sites for hydroxylation is 1. The van der Waals surface area contributed by atoms with Crippen LogP contribution < -0.4 is 10.3 Å². The molecule has 10 nitrogen and oxygen atoms in total. The van der Waals surface area contributed by atoms with E-state index in [-0.39, 0.29) is 10.9 Å². The highest BCUT2D eigenvalue weighted by Crippen LogP contribution is 2.52. The van der Waals surface area contributed by atoms with Crippen LogP contribution >= 0.6 is 30.8 Å². The van der Waals surface area contributed by atoms with E-state index in [2.05, 4.69) is 11.9 Å². The van der Waals surface area contributed by atoms with Crippen molar-refractivity contribution in [1.29, 1.82) is 0 Å². The molecule has 0 atom stereocenters. The molecule has 36 heavy (non-hydrogen) atoms. The second kappa shape index (κ2) is 12.1. The van der Waals surface area contributed by atoms with Crippen LogP contribution in [0.1, 0.15) is 66.9 Å². The number of carbonyl (C=O) groups is 2. The van der Waals surface area contributed by atoms with Gasteiger partial charge in [0.05, 0.1) is 15.5 Å². The van der Waals surface area contributed by atoms with Crippen molar-refractivity contribution < 1.29 is 37.2 Å². The highest BCUT2D eigenvalue weighted by atomic mass is 35.5. The summed E-state index contributed by atoms with van der Waals surface area (Å²) >= 11 is 7.75. The number of halogens is 1. The fraction of sp³-hybridized carbons (Fsp3) is 0.609. The molecule has 1 aromatic heterocycles. The molecule has 1 heterocycles. The molecule has 0 fully saturated rings. The van der Waals surface area contributed by atoms with Crippen molar-refractivity contribution in [3.8, 4) is 5.75 Å². The molecule has 0 aliphatic rings. The van der Waals surface area contributed by atoms with Crippen LogP contribution in [0.4, 0.5) is 5.13 Å². The number of nitrogens with two attached hydrogens (primary N) is 1. The van der Waals surface area contributed by atoms with Crippen molar-refractivity contribution in [3.63, 3.8) is 0 Å². The summed E-state index contributed by atoms with van der Waals surface area (Å²) in [7, 11) is -4.50. The van der Waals surface area contributed by atoms with Crippen LogP contribution in [-0.2, 0) is 39.1 Å². The number of rotatable bonds is 11. The Hall–Kier alpha value is -1.91. The highest BCUT2D eigenvalue weighted by Gasteiger charge is 2.34. The van der Waals surface area contributed by atoms with Crippen LogP contribution in [0.2, 0.25) is 5.02 Å². The number of nitrogens with zero attached hydrogens (tertiary/aromatic N) is 1. The van der Waals surface area contributed by atoms with E-state index in [1.165, 1.54) is 17.4 Å². The first-order chi connectivity index (χ1) is 16.6. The monoisotopic (exact) mass is 564 g/mol. The van der Waals surface area contributed by atoms with Crippen molar-refractivity contribution in [1.82, 2.24) is 4.98 Å². The molecular weight excluding hydrogens is 531 g/mol. The lowest BCUT2D eigenvalue weighted by atomic mass is 9.98. The number of fused-ring (bicyclic) bond motifs is 1. The lowest BCUT2D eigenvalue weighted by molar-refractivity contribution is -0.162. The average Bonchev–Trinajstić information content (AvgIpc) is 3.13. The SMILES string of the molecule is CCCCc1c(Cl)cc(OP(=O)(OCOC(=O)C(C)(C)C)OCOC(=O)C(C)(C)C)c2nc(N)sc12. The van der Waals surface area contributed by atoms with Crippen LogP contribution in [0.25, 0.3) is 10.2 Å². The third-order valence-electron chi connectivity index (χ3n) is 4.71. The maximum absolute atomic E-state index is 13.5. The zero-order valence-corrected chi connectivity index (χ0v) is 24.1. The maximum atomic E-state index is 13.5. The average molecular weight is 565 g/mol. The number of unbranched alkanes of at least 4 members (excludes halogenated alkanes) is 1. The van der Waals surface area contributed by atoms with Gasteiger partial charge in [0.2, 0.25) is 13.6 Å². The molecule has 2 rings (SSSR count). The van der Waals surface area contributed by atoms with Crippen molar-refractivity contribution in [2.24, 2.45) is 10.8 Å². The van der Waals surface area contributed by atoms with Gasteiger partial charge in [0.1, 0.15) is 5.52 Å². The number of nitrogen functional groups attached to an aromatic ring is 1. The van der Waals surface area contributed by atoms with Crippen LogP contribution in [0.5, 0.6) is 5.75 Å². The second-order valence-corrected chi connectivity index (χ2v) is 13.1. The van der Waals surface area contributed by atoms with Gasteiger partial charge < -0.3 is 19.7 Å². The molecule has 0 spiro atoms. The number of phosphoric ester groups is 1. The Morgan fingerprint density at radius 2 is 1.58 bits per heavy atom.